The van der Waals surface area contributed by atoms with Crippen molar-refractivity contribution in [1.82, 2.24) is 10.3 Å². The topological polar surface area (TPSA) is 63.7 Å². The van der Waals surface area contributed by atoms with Gasteiger partial charge in [-0.25, -0.2) is 14.2 Å². The summed E-state index contributed by atoms with van der Waals surface area (Å²) >= 11 is 1.08. The van der Waals surface area contributed by atoms with Gasteiger partial charge in [0.1, 0.15) is 11.6 Å². The number of alkyl halides is 3. The first-order valence-electron chi connectivity index (χ1n) is 9.84. The monoisotopic (exact) mass is 469 g/mol. The minimum absolute atomic E-state index is 0.164. The van der Waals surface area contributed by atoms with Gasteiger partial charge in [0.15, 0.2) is 5.13 Å². The SMILES string of the molecule is O=C(NCc1ccc(F)cc1)N(CC1CCCO1)c1nc2ccc(OC(F)(F)F)cc2s1. The van der Waals surface area contributed by atoms with Crippen LogP contribution in [0.25, 0.3) is 10.2 Å². The lowest BCUT2D eigenvalue weighted by Gasteiger charge is -2.23. The zero-order chi connectivity index (χ0) is 22.7. The van der Waals surface area contributed by atoms with E-state index in [1.807, 2.05) is 0 Å². The summed E-state index contributed by atoms with van der Waals surface area (Å²) in [6.07, 6.45) is -3.29. The van der Waals surface area contributed by atoms with E-state index in [1.165, 1.54) is 35.2 Å². The number of carbonyl (C=O) groups is 1. The highest BCUT2D eigenvalue weighted by Gasteiger charge is 2.31. The van der Waals surface area contributed by atoms with Crippen molar-refractivity contribution in [3.05, 3.63) is 53.8 Å². The fourth-order valence-electron chi connectivity index (χ4n) is 3.32. The molecule has 0 spiro atoms. The molecule has 1 unspecified atom stereocenters. The molecule has 4 rings (SSSR count). The number of ether oxygens (including phenoxy) is 2. The minimum atomic E-state index is -4.80. The third kappa shape index (κ3) is 5.65. The summed E-state index contributed by atoms with van der Waals surface area (Å²) in [5.74, 6) is -0.727. The first-order valence-corrected chi connectivity index (χ1v) is 10.7. The van der Waals surface area contributed by atoms with Gasteiger partial charge in [0.05, 0.1) is 22.9 Å². The quantitative estimate of drug-likeness (QED) is 0.503. The van der Waals surface area contributed by atoms with E-state index in [-0.39, 0.29) is 30.8 Å². The number of fused-ring (bicyclic) bond motifs is 1. The Kier molecular flexibility index (Phi) is 6.47. The number of carbonyl (C=O) groups excluding carboxylic acids is 1. The Morgan fingerprint density at radius 1 is 1.25 bits per heavy atom. The second kappa shape index (κ2) is 9.29. The Morgan fingerprint density at radius 2 is 2.03 bits per heavy atom. The molecule has 11 heteroatoms. The van der Waals surface area contributed by atoms with Crippen molar-refractivity contribution in [1.29, 1.82) is 0 Å². The zero-order valence-corrected chi connectivity index (χ0v) is 17.5. The molecule has 1 fully saturated rings. The lowest BCUT2D eigenvalue weighted by molar-refractivity contribution is -0.274. The third-order valence-corrected chi connectivity index (χ3v) is 5.87. The summed E-state index contributed by atoms with van der Waals surface area (Å²) in [7, 11) is 0. The first-order chi connectivity index (χ1) is 15.3. The molecule has 1 N–H and O–H groups in total. The molecule has 1 aliphatic heterocycles. The smallest absolute Gasteiger partial charge is 0.406 e. The van der Waals surface area contributed by atoms with Gasteiger partial charge in [-0.15, -0.1) is 13.2 Å². The number of anilines is 1. The van der Waals surface area contributed by atoms with Crippen LogP contribution >= 0.6 is 11.3 Å². The highest BCUT2D eigenvalue weighted by molar-refractivity contribution is 7.22. The number of benzene rings is 2. The molecule has 170 valence electrons. The van der Waals surface area contributed by atoms with E-state index in [0.29, 0.717) is 22.0 Å². The largest absolute Gasteiger partial charge is 0.573 e. The average molecular weight is 469 g/mol. The van der Waals surface area contributed by atoms with Gasteiger partial charge in [0.25, 0.3) is 0 Å². The zero-order valence-electron chi connectivity index (χ0n) is 16.7. The predicted molar refractivity (Wildman–Crippen MR) is 111 cm³/mol. The summed E-state index contributed by atoms with van der Waals surface area (Å²) in [5.41, 5.74) is 1.17. The number of aromatic nitrogens is 1. The number of hydrogen-bond acceptors (Lipinski definition) is 5. The molecule has 1 atom stereocenters. The Hall–Kier alpha value is -2.92. The number of nitrogens with zero attached hydrogens (tertiary/aromatic N) is 2. The maximum absolute atomic E-state index is 13.1. The van der Waals surface area contributed by atoms with Gasteiger partial charge in [-0.05, 0) is 42.7 Å². The van der Waals surface area contributed by atoms with Crippen LogP contribution in [0.3, 0.4) is 0 Å². The Balaban J connectivity index is 1.55. The Bertz CT molecular complexity index is 1080. The van der Waals surface area contributed by atoms with Crippen LogP contribution in [0.5, 0.6) is 5.75 Å². The second-order valence-corrected chi connectivity index (χ2v) is 8.21. The second-order valence-electron chi connectivity index (χ2n) is 7.20. The van der Waals surface area contributed by atoms with Crippen LogP contribution in [0.4, 0.5) is 27.5 Å². The molecule has 3 aromatic rings. The molecule has 2 heterocycles. The molecule has 1 aliphatic rings. The summed E-state index contributed by atoms with van der Waals surface area (Å²) in [4.78, 5) is 18.8. The van der Waals surface area contributed by atoms with Gasteiger partial charge in [0.2, 0.25) is 0 Å². The van der Waals surface area contributed by atoms with Crippen molar-refractivity contribution in [2.24, 2.45) is 0 Å². The summed E-state index contributed by atoms with van der Waals surface area (Å²) in [6.45, 7) is 1.03. The van der Waals surface area contributed by atoms with Crippen molar-refractivity contribution in [3.63, 3.8) is 0 Å². The number of amides is 2. The van der Waals surface area contributed by atoms with Gasteiger partial charge in [-0.2, -0.15) is 0 Å². The van der Waals surface area contributed by atoms with Crippen LogP contribution in [0, 0.1) is 5.82 Å². The molecule has 1 aromatic heterocycles. The number of thiazole rings is 1. The van der Waals surface area contributed by atoms with E-state index in [2.05, 4.69) is 15.0 Å². The summed E-state index contributed by atoms with van der Waals surface area (Å²) in [6, 6.07) is 9.15. The Morgan fingerprint density at radius 3 is 2.72 bits per heavy atom. The fourth-order valence-corrected chi connectivity index (χ4v) is 4.32. The van der Waals surface area contributed by atoms with Crippen LogP contribution in [0.2, 0.25) is 0 Å². The van der Waals surface area contributed by atoms with Crippen LogP contribution in [0.15, 0.2) is 42.5 Å². The van der Waals surface area contributed by atoms with Crippen LogP contribution < -0.4 is 15.0 Å². The molecule has 2 amide bonds. The highest BCUT2D eigenvalue weighted by Crippen LogP contribution is 2.34. The van der Waals surface area contributed by atoms with E-state index in [1.54, 1.807) is 12.1 Å². The van der Waals surface area contributed by atoms with Crippen molar-refractivity contribution in [2.45, 2.75) is 31.9 Å². The van der Waals surface area contributed by atoms with Gasteiger partial charge in [-0.3, -0.25) is 4.90 Å². The molecular formula is C21H19F4N3O3S. The van der Waals surface area contributed by atoms with E-state index < -0.39 is 12.4 Å². The maximum Gasteiger partial charge on any atom is 0.573 e. The molecule has 0 aliphatic carbocycles. The summed E-state index contributed by atoms with van der Waals surface area (Å²) < 4.78 is 60.7. The molecule has 1 saturated heterocycles. The van der Waals surface area contributed by atoms with Gasteiger partial charge < -0.3 is 14.8 Å². The number of nitrogens with one attached hydrogen (secondary N) is 1. The molecule has 0 saturated carbocycles. The molecule has 2 aromatic carbocycles. The lowest BCUT2D eigenvalue weighted by Crippen LogP contribution is -2.43. The molecule has 6 nitrogen and oxygen atoms in total. The third-order valence-electron chi connectivity index (χ3n) is 4.83. The Labute approximate surface area is 184 Å². The van der Waals surface area contributed by atoms with Gasteiger partial charge in [0, 0.05) is 19.2 Å². The van der Waals surface area contributed by atoms with Crippen LogP contribution in [0.1, 0.15) is 18.4 Å². The van der Waals surface area contributed by atoms with Crippen molar-refractivity contribution in [2.75, 3.05) is 18.1 Å². The molecule has 32 heavy (non-hydrogen) atoms. The standard InChI is InChI=1S/C21H19F4N3O3S/c22-14-5-3-13(4-6-14)11-26-19(29)28(12-16-2-1-9-30-16)20-27-17-8-7-15(10-18(17)32-20)31-21(23,24)25/h3-8,10,16H,1-2,9,11-12H2,(H,26,29). The number of hydrogen-bond donors (Lipinski definition) is 1. The first kappa shape index (κ1) is 22.3. The normalized spacial score (nSPS) is 16.3. The molecular weight excluding hydrogens is 450 g/mol. The maximum atomic E-state index is 13.1. The van der Waals surface area contributed by atoms with Gasteiger partial charge >= 0.3 is 12.4 Å². The fraction of sp³-hybridized carbons (Fsp3) is 0.333. The number of urea groups is 1. The predicted octanol–water partition coefficient (Wildman–Crippen LogP) is 5.23. The van der Waals surface area contributed by atoms with Crippen molar-refractivity contribution >= 4 is 32.7 Å². The number of rotatable bonds is 6. The van der Waals surface area contributed by atoms with E-state index >= 15 is 0 Å². The molecule has 0 radical (unpaired) electrons. The van der Waals surface area contributed by atoms with Gasteiger partial charge in [-0.1, -0.05) is 23.5 Å². The number of halogens is 4. The van der Waals surface area contributed by atoms with Crippen molar-refractivity contribution in [3.8, 4) is 5.75 Å². The van der Waals surface area contributed by atoms with E-state index in [9.17, 15) is 22.4 Å². The van der Waals surface area contributed by atoms with E-state index in [0.717, 1.165) is 29.7 Å². The minimum Gasteiger partial charge on any atom is -0.406 e. The average Bonchev–Trinajstić information content (AvgIpc) is 3.39. The summed E-state index contributed by atoms with van der Waals surface area (Å²) in [5, 5.41) is 3.11. The molecule has 0 bridgehead atoms. The van der Waals surface area contributed by atoms with Crippen LogP contribution in [-0.4, -0.2) is 36.6 Å². The van der Waals surface area contributed by atoms with Crippen LogP contribution in [-0.2, 0) is 11.3 Å². The van der Waals surface area contributed by atoms with E-state index in [4.69, 9.17) is 4.74 Å². The lowest BCUT2D eigenvalue weighted by atomic mass is 10.2. The van der Waals surface area contributed by atoms with Crippen molar-refractivity contribution < 1.29 is 31.8 Å². The highest BCUT2D eigenvalue weighted by atomic mass is 32.1.